The summed E-state index contributed by atoms with van der Waals surface area (Å²) in [6, 6.07) is 0. The molecule has 1 fully saturated rings. The van der Waals surface area contributed by atoms with Gasteiger partial charge < -0.3 is 5.50 Å². The Morgan fingerprint density at radius 1 is 1.38 bits per heavy atom. The molecule has 1 aliphatic heterocycles. The third-order valence-electron chi connectivity index (χ3n) is 1.82. The van der Waals surface area contributed by atoms with Gasteiger partial charge in [-0.1, -0.05) is 6.92 Å². The zero-order valence-corrected chi connectivity index (χ0v) is 6.32. The highest BCUT2D eigenvalue weighted by Gasteiger charge is 2.13. The smallest absolute Gasteiger partial charge is 0.0194 e. The fourth-order valence-corrected chi connectivity index (χ4v) is 2.80. The van der Waals surface area contributed by atoms with Crippen molar-refractivity contribution in [2.24, 2.45) is 11.4 Å². The normalized spacial score (nSPS) is 39.8. The van der Waals surface area contributed by atoms with Gasteiger partial charge in [-0.2, -0.15) is 0 Å². The first kappa shape index (κ1) is 6.51. The molecule has 0 bridgehead atoms. The van der Waals surface area contributed by atoms with Crippen LogP contribution in [0.1, 0.15) is 19.8 Å². The SMILES string of the molecule is CC1CCP(N)CC1. The second kappa shape index (κ2) is 2.80. The summed E-state index contributed by atoms with van der Waals surface area (Å²) in [5.41, 5.74) is 5.76. The molecular weight excluding hydrogens is 117 g/mol. The van der Waals surface area contributed by atoms with E-state index in [4.69, 9.17) is 5.50 Å². The fraction of sp³-hybridized carbons (Fsp3) is 1.00. The van der Waals surface area contributed by atoms with Crippen LogP contribution < -0.4 is 5.50 Å². The van der Waals surface area contributed by atoms with Crippen LogP contribution in [0.2, 0.25) is 0 Å². The minimum atomic E-state index is -0.0183. The van der Waals surface area contributed by atoms with E-state index in [1.165, 1.54) is 25.2 Å². The Hall–Kier alpha value is 0.390. The molecule has 0 aromatic carbocycles. The maximum atomic E-state index is 5.76. The van der Waals surface area contributed by atoms with Crippen LogP contribution in [0.25, 0.3) is 0 Å². The van der Waals surface area contributed by atoms with Crippen molar-refractivity contribution in [3.8, 4) is 0 Å². The Labute approximate surface area is 52.5 Å². The fourth-order valence-electron chi connectivity index (χ4n) is 1.03. The molecule has 0 aromatic heterocycles. The zero-order valence-electron chi connectivity index (χ0n) is 5.43. The molecule has 0 atom stereocenters. The summed E-state index contributed by atoms with van der Waals surface area (Å²) < 4.78 is 0. The van der Waals surface area contributed by atoms with Crippen LogP contribution in [-0.4, -0.2) is 12.3 Å². The Morgan fingerprint density at radius 2 is 1.88 bits per heavy atom. The molecule has 0 radical (unpaired) electrons. The van der Waals surface area contributed by atoms with E-state index in [9.17, 15) is 0 Å². The second-order valence-corrected chi connectivity index (χ2v) is 4.79. The quantitative estimate of drug-likeness (QED) is 0.498. The maximum Gasteiger partial charge on any atom is -0.0194 e. The van der Waals surface area contributed by atoms with E-state index in [0.29, 0.717) is 0 Å². The van der Waals surface area contributed by atoms with Gasteiger partial charge in [-0.15, -0.1) is 0 Å². The van der Waals surface area contributed by atoms with Gasteiger partial charge >= 0.3 is 0 Å². The summed E-state index contributed by atoms with van der Waals surface area (Å²) in [5, 5.41) is 0. The van der Waals surface area contributed by atoms with Crippen LogP contribution in [0, 0.1) is 5.92 Å². The highest BCUT2D eigenvalue weighted by atomic mass is 31.1. The van der Waals surface area contributed by atoms with Gasteiger partial charge in [-0.25, -0.2) is 0 Å². The van der Waals surface area contributed by atoms with E-state index in [0.717, 1.165) is 5.92 Å². The van der Waals surface area contributed by atoms with Crippen molar-refractivity contribution in [1.29, 1.82) is 0 Å². The molecule has 0 amide bonds. The highest BCUT2D eigenvalue weighted by Crippen LogP contribution is 2.35. The average Bonchev–Trinajstić information content (AvgIpc) is 1.77. The Morgan fingerprint density at radius 3 is 2.25 bits per heavy atom. The van der Waals surface area contributed by atoms with Gasteiger partial charge in [0.25, 0.3) is 0 Å². The Balaban J connectivity index is 2.19. The number of hydrogen-bond acceptors (Lipinski definition) is 1. The van der Waals surface area contributed by atoms with E-state index < -0.39 is 0 Å². The summed E-state index contributed by atoms with van der Waals surface area (Å²) in [5.74, 6) is 0.956. The predicted molar refractivity (Wildman–Crippen MR) is 39.2 cm³/mol. The molecule has 0 aromatic rings. The Bertz CT molecular complexity index is 56.9. The van der Waals surface area contributed by atoms with Crippen molar-refractivity contribution in [1.82, 2.24) is 0 Å². The lowest BCUT2D eigenvalue weighted by atomic mass is 10.1. The molecular formula is C6H14NP. The van der Waals surface area contributed by atoms with Crippen molar-refractivity contribution in [2.75, 3.05) is 12.3 Å². The summed E-state index contributed by atoms with van der Waals surface area (Å²) in [7, 11) is -0.0183. The van der Waals surface area contributed by atoms with E-state index in [-0.39, 0.29) is 8.07 Å². The lowest BCUT2D eigenvalue weighted by molar-refractivity contribution is 0.534. The van der Waals surface area contributed by atoms with Crippen LogP contribution in [0.3, 0.4) is 0 Å². The van der Waals surface area contributed by atoms with Gasteiger partial charge in [-0.3, -0.25) is 0 Å². The first-order valence-electron chi connectivity index (χ1n) is 3.28. The Kier molecular flexibility index (Phi) is 2.27. The third-order valence-corrected chi connectivity index (χ3v) is 3.48. The lowest BCUT2D eigenvalue weighted by Crippen LogP contribution is -2.11. The monoisotopic (exact) mass is 131 g/mol. The molecule has 2 N–H and O–H groups in total. The molecule has 2 heteroatoms. The van der Waals surface area contributed by atoms with Crippen molar-refractivity contribution in [2.45, 2.75) is 19.8 Å². The summed E-state index contributed by atoms with van der Waals surface area (Å²) in [6.07, 6.45) is 5.39. The standard InChI is InChI=1S/C6H14NP/c1-6-2-4-8(7)5-3-6/h6H,2-5,7H2,1H3. The van der Waals surface area contributed by atoms with Gasteiger partial charge in [0.2, 0.25) is 0 Å². The topological polar surface area (TPSA) is 26.0 Å². The van der Waals surface area contributed by atoms with Crippen LogP contribution in [0.15, 0.2) is 0 Å². The van der Waals surface area contributed by atoms with E-state index in [2.05, 4.69) is 6.92 Å². The zero-order chi connectivity index (χ0) is 5.98. The van der Waals surface area contributed by atoms with Crippen molar-refractivity contribution < 1.29 is 0 Å². The van der Waals surface area contributed by atoms with Gasteiger partial charge in [0.15, 0.2) is 0 Å². The summed E-state index contributed by atoms with van der Waals surface area (Å²) >= 11 is 0. The average molecular weight is 131 g/mol. The van der Waals surface area contributed by atoms with E-state index in [1.807, 2.05) is 0 Å². The second-order valence-electron chi connectivity index (χ2n) is 2.72. The predicted octanol–water partition coefficient (Wildman–Crippen LogP) is 1.77. The molecule has 48 valence electrons. The number of hydrogen-bond donors (Lipinski definition) is 1. The van der Waals surface area contributed by atoms with E-state index >= 15 is 0 Å². The molecule has 8 heavy (non-hydrogen) atoms. The molecule has 1 aliphatic rings. The largest absolute Gasteiger partial charge is 0.310 e. The van der Waals surface area contributed by atoms with Gasteiger partial charge in [0.05, 0.1) is 0 Å². The molecule has 0 aliphatic carbocycles. The molecule has 0 saturated carbocycles. The van der Waals surface area contributed by atoms with Crippen LogP contribution in [0.4, 0.5) is 0 Å². The van der Waals surface area contributed by atoms with Gasteiger partial charge in [0, 0.05) is 0 Å². The molecule has 1 nitrogen and oxygen atoms in total. The number of nitrogens with two attached hydrogens (primary N) is 1. The van der Waals surface area contributed by atoms with Crippen molar-refractivity contribution >= 4 is 8.07 Å². The molecule has 0 spiro atoms. The minimum Gasteiger partial charge on any atom is -0.310 e. The van der Waals surface area contributed by atoms with Crippen LogP contribution in [-0.2, 0) is 0 Å². The molecule has 1 rings (SSSR count). The summed E-state index contributed by atoms with van der Waals surface area (Å²) in [4.78, 5) is 0. The highest BCUT2D eigenvalue weighted by molar-refractivity contribution is 7.55. The summed E-state index contributed by atoms with van der Waals surface area (Å²) in [6.45, 7) is 2.32. The van der Waals surface area contributed by atoms with Gasteiger partial charge in [-0.05, 0) is 39.2 Å². The minimum absolute atomic E-state index is 0.0183. The lowest BCUT2D eigenvalue weighted by Gasteiger charge is -2.22. The molecule has 1 heterocycles. The van der Waals surface area contributed by atoms with Crippen molar-refractivity contribution in [3.05, 3.63) is 0 Å². The molecule has 0 unspecified atom stereocenters. The van der Waals surface area contributed by atoms with Crippen LogP contribution >= 0.6 is 8.07 Å². The van der Waals surface area contributed by atoms with Crippen molar-refractivity contribution in [3.63, 3.8) is 0 Å². The third kappa shape index (κ3) is 1.72. The first-order chi connectivity index (χ1) is 3.79. The number of rotatable bonds is 0. The van der Waals surface area contributed by atoms with Gasteiger partial charge in [0.1, 0.15) is 0 Å². The first-order valence-corrected chi connectivity index (χ1v) is 5.07. The maximum absolute atomic E-state index is 5.76. The molecule has 1 saturated heterocycles. The van der Waals surface area contributed by atoms with E-state index in [1.54, 1.807) is 0 Å². The van der Waals surface area contributed by atoms with Crippen LogP contribution in [0.5, 0.6) is 0 Å².